The molecule has 3 nitrogen and oxygen atoms in total. The topological polar surface area (TPSA) is 85.5 Å². The van der Waals surface area contributed by atoms with Crippen LogP contribution in [0.2, 0.25) is 10.5 Å². The molecular formula is C6H10Ge2O3. The Hall–Kier alpha value is 0.446. The zero-order valence-electron chi connectivity index (χ0n) is 6.21. The summed E-state index contributed by atoms with van der Waals surface area (Å²) in [6, 6.07) is 0. The Bertz CT molecular complexity index is 51.8. The van der Waals surface area contributed by atoms with Crippen molar-refractivity contribution in [1.29, 1.82) is 0 Å². The Morgan fingerprint density at radius 3 is 0.909 bits per heavy atom. The number of hydrogen-bond donors (Lipinski definition) is 0. The van der Waals surface area contributed by atoms with Gasteiger partial charge in [0.15, 0.2) is 0 Å². The SMILES string of the molecule is C=C[CH2][Ge+3].C=C[CH2][Ge+3].[O-2].[O-2].[O-2]. The quantitative estimate of drug-likeness (QED) is 0.535. The third kappa shape index (κ3) is 125. The average Bonchev–Trinajstić information content (AvgIpc) is 1.88. The van der Waals surface area contributed by atoms with Crippen LogP contribution in [0.25, 0.3) is 0 Å². The summed E-state index contributed by atoms with van der Waals surface area (Å²) in [4.78, 5) is 0. The van der Waals surface area contributed by atoms with Gasteiger partial charge in [0, 0.05) is 0 Å². The molecule has 0 fully saturated rings. The first kappa shape index (κ1) is 30.1. The monoisotopic (exact) mass is 278 g/mol. The minimum absolute atomic E-state index is 0. The van der Waals surface area contributed by atoms with E-state index < -0.39 is 0 Å². The molecule has 0 aromatic heterocycles. The van der Waals surface area contributed by atoms with Gasteiger partial charge in [0.05, 0.1) is 0 Å². The van der Waals surface area contributed by atoms with Gasteiger partial charge >= 0.3 is 68.8 Å². The van der Waals surface area contributed by atoms with Gasteiger partial charge in [-0.25, -0.2) is 0 Å². The molecule has 0 aromatic carbocycles. The van der Waals surface area contributed by atoms with Crippen molar-refractivity contribution in [2.45, 2.75) is 10.5 Å². The van der Waals surface area contributed by atoms with Gasteiger partial charge in [0.25, 0.3) is 0 Å². The van der Waals surface area contributed by atoms with E-state index in [0.29, 0.717) is 0 Å². The van der Waals surface area contributed by atoms with Crippen molar-refractivity contribution < 1.29 is 16.4 Å². The van der Waals surface area contributed by atoms with Crippen molar-refractivity contribution in [3.63, 3.8) is 0 Å². The van der Waals surface area contributed by atoms with E-state index in [2.05, 4.69) is 46.2 Å². The molecule has 0 saturated carbocycles. The standard InChI is InChI=1S/2C3H5Ge.3O/c2*1-2-3-4;;;/h2*2H,1,3H2;;;/q2*+3;3*-2. The van der Waals surface area contributed by atoms with Gasteiger partial charge < -0.3 is 16.4 Å². The molecule has 11 heavy (non-hydrogen) atoms. The molecule has 0 aliphatic rings. The van der Waals surface area contributed by atoms with Gasteiger partial charge in [0.1, 0.15) is 0 Å². The minimum atomic E-state index is 0. The fourth-order valence-electron chi connectivity index (χ4n) is 0. The third-order valence-corrected chi connectivity index (χ3v) is 1.50. The van der Waals surface area contributed by atoms with Crippen LogP contribution in [0, 0.1) is 0 Å². The molecule has 60 valence electrons. The second kappa shape index (κ2) is 47.2. The Morgan fingerprint density at radius 2 is 0.909 bits per heavy atom. The molecule has 0 radical (unpaired) electrons. The largest absolute Gasteiger partial charge is 2.00 e. The van der Waals surface area contributed by atoms with Gasteiger partial charge in [-0.05, 0) is 0 Å². The molecule has 5 heteroatoms. The van der Waals surface area contributed by atoms with E-state index >= 15 is 0 Å². The second-order valence-corrected chi connectivity index (χ2v) is 2.70. The van der Waals surface area contributed by atoms with Crippen LogP contribution in [0.1, 0.15) is 0 Å². The van der Waals surface area contributed by atoms with E-state index in [9.17, 15) is 0 Å². The zero-order valence-corrected chi connectivity index (χ0v) is 10.4. The van der Waals surface area contributed by atoms with Crippen molar-refractivity contribution in [2.75, 3.05) is 0 Å². The van der Waals surface area contributed by atoms with Gasteiger partial charge in [0.2, 0.25) is 0 Å². The van der Waals surface area contributed by atoms with Crippen LogP contribution >= 0.6 is 0 Å². The maximum atomic E-state index is 3.48. The summed E-state index contributed by atoms with van der Waals surface area (Å²) in [5.41, 5.74) is 0. The predicted molar refractivity (Wildman–Crippen MR) is 43.6 cm³/mol. The van der Waals surface area contributed by atoms with Crippen LogP contribution in [0.4, 0.5) is 0 Å². The molecule has 0 atom stereocenters. The van der Waals surface area contributed by atoms with Gasteiger partial charge in [-0.2, -0.15) is 0 Å². The summed E-state index contributed by atoms with van der Waals surface area (Å²) in [6.45, 7) is 6.96. The zero-order chi connectivity index (χ0) is 6.83. The summed E-state index contributed by atoms with van der Waals surface area (Å²) in [5.74, 6) is 0. The molecule has 0 saturated heterocycles. The molecule has 0 unspecified atom stereocenters. The first-order valence-corrected chi connectivity index (χ1v) is 5.31. The normalized spacial score (nSPS) is 4.73. The molecule has 0 heterocycles. The van der Waals surface area contributed by atoms with Crippen LogP contribution in [0.5, 0.6) is 0 Å². The number of hydrogen-bond acceptors (Lipinski definition) is 0. The van der Waals surface area contributed by atoms with Crippen LogP contribution in [0.15, 0.2) is 25.3 Å². The predicted octanol–water partition coefficient (Wildman–Crippen LogP) is 1.16. The van der Waals surface area contributed by atoms with E-state index in [1.54, 1.807) is 0 Å². The molecule has 0 amide bonds. The van der Waals surface area contributed by atoms with E-state index in [-0.39, 0.29) is 16.4 Å². The number of allylic oxidation sites excluding steroid dienone is 2. The molecular weight excluding hydrogens is 265 g/mol. The van der Waals surface area contributed by atoms with Crippen molar-refractivity contribution in [3.05, 3.63) is 25.3 Å². The fourth-order valence-corrected chi connectivity index (χ4v) is 0. The first-order valence-electron chi connectivity index (χ1n) is 2.34. The summed E-state index contributed by atoms with van der Waals surface area (Å²) < 4.78 is 0. The number of rotatable bonds is 2. The van der Waals surface area contributed by atoms with Crippen LogP contribution in [-0.2, 0) is 16.4 Å². The third-order valence-electron chi connectivity index (χ3n) is 0.289. The van der Waals surface area contributed by atoms with Gasteiger partial charge in [-0.1, -0.05) is 0 Å². The Labute approximate surface area is 85.3 Å². The Kier molecular flexibility index (Phi) is 129. The maximum Gasteiger partial charge on any atom is -2.00 e. The first-order chi connectivity index (χ1) is 3.83. The van der Waals surface area contributed by atoms with Crippen molar-refractivity contribution in [1.82, 2.24) is 0 Å². The van der Waals surface area contributed by atoms with Crippen molar-refractivity contribution in [2.24, 2.45) is 0 Å². The fraction of sp³-hybridized carbons (Fsp3) is 0.333. The Morgan fingerprint density at radius 1 is 0.818 bits per heavy atom. The molecule has 0 rings (SSSR count). The van der Waals surface area contributed by atoms with Crippen LogP contribution < -0.4 is 0 Å². The Balaban J connectivity index is -0.0000000171. The van der Waals surface area contributed by atoms with E-state index in [4.69, 9.17) is 0 Å². The van der Waals surface area contributed by atoms with Crippen molar-refractivity contribution in [3.8, 4) is 0 Å². The smallest absolute Gasteiger partial charge is 2.00 e. The van der Waals surface area contributed by atoms with E-state index in [1.165, 1.54) is 0 Å². The summed E-state index contributed by atoms with van der Waals surface area (Å²) in [7, 11) is 0. The van der Waals surface area contributed by atoms with Crippen LogP contribution in [-0.4, -0.2) is 33.0 Å². The molecule has 0 aliphatic heterocycles. The van der Waals surface area contributed by atoms with Crippen molar-refractivity contribution >= 4 is 33.0 Å². The molecule has 0 bridgehead atoms. The van der Waals surface area contributed by atoms with E-state index in [0.717, 1.165) is 10.5 Å². The molecule has 0 N–H and O–H groups in total. The molecule has 0 spiro atoms. The van der Waals surface area contributed by atoms with Crippen LogP contribution in [0.3, 0.4) is 0 Å². The summed E-state index contributed by atoms with van der Waals surface area (Å²) >= 11 is 4.12. The summed E-state index contributed by atoms with van der Waals surface area (Å²) in [5, 5.41) is 2.17. The molecule has 0 aliphatic carbocycles. The summed E-state index contributed by atoms with van der Waals surface area (Å²) in [6.07, 6.45) is 3.75. The second-order valence-electron chi connectivity index (χ2n) is 0.986. The van der Waals surface area contributed by atoms with Gasteiger partial charge in [-0.15, -0.1) is 0 Å². The van der Waals surface area contributed by atoms with Gasteiger partial charge in [-0.3, -0.25) is 0 Å². The average molecular weight is 275 g/mol. The van der Waals surface area contributed by atoms with E-state index in [1.807, 2.05) is 12.2 Å². The minimum Gasteiger partial charge on any atom is -2.00 e. The maximum absolute atomic E-state index is 3.48. The molecule has 0 aromatic rings.